The van der Waals surface area contributed by atoms with E-state index in [1.807, 2.05) is 6.92 Å². The van der Waals surface area contributed by atoms with Gasteiger partial charge in [0.1, 0.15) is 0 Å². The van der Waals surface area contributed by atoms with Crippen molar-refractivity contribution in [3.05, 3.63) is 17.5 Å². The second-order valence-electron chi connectivity index (χ2n) is 5.66. The van der Waals surface area contributed by atoms with Crippen LogP contribution in [0.25, 0.3) is 0 Å². The van der Waals surface area contributed by atoms with Crippen LogP contribution in [0.5, 0.6) is 0 Å². The summed E-state index contributed by atoms with van der Waals surface area (Å²) in [6.07, 6.45) is 2.46. The first kappa shape index (κ1) is 15.5. The number of aromatic nitrogens is 2. The number of hydrogen-bond acceptors (Lipinski definition) is 4. The fourth-order valence-electron chi connectivity index (χ4n) is 2.57. The number of nitrogens with zero attached hydrogens (tertiary/aromatic N) is 3. The van der Waals surface area contributed by atoms with Gasteiger partial charge in [0.05, 0.1) is 31.6 Å². The minimum absolute atomic E-state index is 0.280. The van der Waals surface area contributed by atoms with Crippen LogP contribution in [0.4, 0.5) is 0 Å². The lowest BCUT2D eigenvalue weighted by Gasteiger charge is -2.25. The lowest BCUT2D eigenvalue weighted by molar-refractivity contribution is -0.0922. The van der Waals surface area contributed by atoms with Crippen LogP contribution >= 0.6 is 0 Å². The first-order valence-electron chi connectivity index (χ1n) is 7.54. The number of aryl methyl sites for hydroxylation is 3. The molecule has 0 aliphatic carbocycles. The fraction of sp³-hybridized carbons (Fsp3) is 0.800. The topological polar surface area (TPSA) is 39.5 Å². The van der Waals surface area contributed by atoms with E-state index in [-0.39, 0.29) is 6.10 Å². The van der Waals surface area contributed by atoms with E-state index in [2.05, 4.69) is 34.7 Å². The van der Waals surface area contributed by atoms with Crippen LogP contribution in [0, 0.1) is 13.8 Å². The molecule has 1 aromatic rings. The van der Waals surface area contributed by atoms with Crippen LogP contribution < -0.4 is 0 Å². The minimum Gasteiger partial charge on any atom is -0.376 e. The molecule has 2 rings (SSSR count). The highest BCUT2D eigenvalue weighted by Gasteiger charge is 2.14. The lowest BCUT2D eigenvalue weighted by Crippen LogP contribution is -2.32. The second kappa shape index (κ2) is 7.76. The summed E-state index contributed by atoms with van der Waals surface area (Å²) < 4.78 is 13.2. The van der Waals surface area contributed by atoms with Crippen LogP contribution in [0.15, 0.2) is 6.07 Å². The third-order valence-electron chi connectivity index (χ3n) is 3.73. The highest BCUT2D eigenvalue weighted by molar-refractivity contribution is 5.06. The molecule has 0 spiro atoms. The van der Waals surface area contributed by atoms with Crippen LogP contribution in [0.1, 0.15) is 24.2 Å². The van der Waals surface area contributed by atoms with Gasteiger partial charge in [0.15, 0.2) is 0 Å². The zero-order chi connectivity index (χ0) is 14.4. The van der Waals surface area contributed by atoms with Crippen LogP contribution in [0.3, 0.4) is 0 Å². The van der Waals surface area contributed by atoms with E-state index >= 15 is 0 Å². The Morgan fingerprint density at radius 1 is 1.35 bits per heavy atom. The predicted molar refractivity (Wildman–Crippen MR) is 79.0 cm³/mol. The minimum atomic E-state index is 0.280. The average molecular weight is 281 g/mol. The summed E-state index contributed by atoms with van der Waals surface area (Å²) in [5.74, 6) is 0. The average Bonchev–Trinajstić information content (AvgIpc) is 2.76. The Morgan fingerprint density at radius 3 is 2.85 bits per heavy atom. The maximum Gasteiger partial charge on any atom is 0.0821 e. The Balaban J connectivity index is 1.60. The molecule has 1 atom stereocenters. The molecule has 1 fully saturated rings. The molecular weight excluding hydrogens is 254 g/mol. The number of hydrogen-bond donors (Lipinski definition) is 0. The molecule has 1 aliphatic heterocycles. The Hall–Kier alpha value is -0.910. The second-order valence-corrected chi connectivity index (χ2v) is 5.66. The number of rotatable bonds is 7. The Kier molecular flexibility index (Phi) is 6.01. The molecule has 1 saturated heterocycles. The Morgan fingerprint density at radius 2 is 2.20 bits per heavy atom. The van der Waals surface area contributed by atoms with Crippen molar-refractivity contribution in [2.45, 2.75) is 39.3 Å². The van der Waals surface area contributed by atoms with Crippen molar-refractivity contribution in [3.8, 4) is 0 Å². The molecule has 20 heavy (non-hydrogen) atoms. The third-order valence-corrected chi connectivity index (χ3v) is 3.73. The monoisotopic (exact) mass is 281 g/mol. The summed E-state index contributed by atoms with van der Waals surface area (Å²) in [5.41, 5.74) is 2.35. The zero-order valence-electron chi connectivity index (χ0n) is 13.0. The molecule has 5 nitrogen and oxygen atoms in total. The maximum absolute atomic E-state index is 5.65. The first-order chi connectivity index (χ1) is 9.65. The zero-order valence-corrected chi connectivity index (χ0v) is 13.0. The van der Waals surface area contributed by atoms with E-state index in [4.69, 9.17) is 9.47 Å². The highest BCUT2D eigenvalue weighted by Crippen LogP contribution is 2.07. The maximum atomic E-state index is 5.65. The smallest absolute Gasteiger partial charge is 0.0821 e. The molecule has 1 unspecified atom stereocenters. The largest absolute Gasteiger partial charge is 0.376 e. The summed E-state index contributed by atoms with van der Waals surface area (Å²) in [4.78, 5) is 2.36. The molecule has 0 saturated carbocycles. The predicted octanol–water partition coefficient (Wildman–Crippen LogP) is 1.63. The fourth-order valence-corrected chi connectivity index (χ4v) is 2.57. The Bertz CT molecular complexity index is 400. The molecular formula is C15H27N3O2. The van der Waals surface area contributed by atoms with Gasteiger partial charge in [-0.3, -0.25) is 4.68 Å². The number of ether oxygens (including phenoxy) is 2. The molecule has 0 N–H and O–H groups in total. The Labute approximate surface area is 121 Å². The van der Waals surface area contributed by atoms with E-state index in [1.165, 1.54) is 5.69 Å². The van der Waals surface area contributed by atoms with Crippen molar-refractivity contribution in [1.29, 1.82) is 0 Å². The first-order valence-corrected chi connectivity index (χ1v) is 7.54. The summed E-state index contributed by atoms with van der Waals surface area (Å²) >= 11 is 0. The summed E-state index contributed by atoms with van der Waals surface area (Å²) in [5, 5.41) is 4.49. The lowest BCUT2D eigenvalue weighted by atomic mass is 10.2. The van der Waals surface area contributed by atoms with Crippen molar-refractivity contribution in [2.75, 3.05) is 40.0 Å². The van der Waals surface area contributed by atoms with E-state index in [0.29, 0.717) is 0 Å². The molecule has 0 amide bonds. The van der Waals surface area contributed by atoms with Crippen molar-refractivity contribution >= 4 is 0 Å². The van der Waals surface area contributed by atoms with Gasteiger partial charge in [-0.2, -0.15) is 5.10 Å². The molecule has 0 radical (unpaired) electrons. The van der Waals surface area contributed by atoms with Gasteiger partial charge in [-0.1, -0.05) is 0 Å². The van der Waals surface area contributed by atoms with Crippen LogP contribution in [-0.2, 0) is 16.0 Å². The quantitative estimate of drug-likeness (QED) is 0.761. The van der Waals surface area contributed by atoms with Gasteiger partial charge in [-0.05, 0) is 46.3 Å². The summed E-state index contributed by atoms with van der Waals surface area (Å²) in [6.45, 7) is 9.54. The summed E-state index contributed by atoms with van der Waals surface area (Å²) in [6, 6.07) is 2.13. The van der Waals surface area contributed by atoms with E-state index in [9.17, 15) is 0 Å². The van der Waals surface area contributed by atoms with Gasteiger partial charge >= 0.3 is 0 Å². The summed E-state index contributed by atoms with van der Waals surface area (Å²) in [7, 11) is 2.17. The molecule has 1 aromatic heterocycles. The van der Waals surface area contributed by atoms with Crippen molar-refractivity contribution < 1.29 is 9.47 Å². The van der Waals surface area contributed by atoms with Crippen molar-refractivity contribution in [1.82, 2.24) is 14.7 Å². The van der Waals surface area contributed by atoms with Crippen molar-refractivity contribution in [3.63, 3.8) is 0 Å². The van der Waals surface area contributed by atoms with E-state index in [1.54, 1.807) is 0 Å². The van der Waals surface area contributed by atoms with Gasteiger partial charge in [0, 0.05) is 18.8 Å². The molecule has 5 heteroatoms. The van der Waals surface area contributed by atoms with Crippen molar-refractivity contribution in [2.24, 2.45) is 0 Å². The molecule has 0 bridgehead atoms. The van der Waals surface area contributed by atoms with Gasteiger partial charge in [-0.25, -0.2) is 0 Å². The SMILES string of the molecule is Cc1cc(C)n(CCCN(C)CCC2COCCO2)n1. The van der Waals surface area contributed by atoms with E-state index in [0.717, 1.165) is 58.0 Å². The third kappa shape index (κ3) is 4.89. The molecule has 0 aromatic carbocycles. The normalized spacial score (nSPS) is 19.7. The van der Waals surface area contributed by atoms with Gasteiger partial charge in [0.2, 0.25) is 0 Å². The van der Waals surface area contributed by atoms with Crippen LogP contribution in [-0.4, -0.2) is 60.7 Å². The van der Waals surface area contributed by atoms with Crippen LogP contribution in [0.2, 0.25) is 0 Å². The van der Waals surface area contributed by atoms with Gasteiger partial charge in [-0.15, -0.1) is 0 Å². The van der Waals surface area contributed by atoms with Gasteiger partial charge < -0.3 is 14.4 Å². The molecule has 114 valence electrons. The molecule has 1 aliphatic rings. The standard InChI is InChI=1S/C15H27N3O2/c1-13-11-14(2)18(16-13)7-4-6-17(3)8-5-15-12-19-9-10-20-15/h11,15H,4-10,12H2,1-3H3. The van der Waals surface area contributed by atoms with Gasteiger partial charge in [0.25, 0.3) is 0 Å². The van der Waals surface area contributed by atoms with E-state index < -0.39 is 0 Å². The highest BCUT2D eigenvalue weighted by atomic mass is 16.6. The molecule has 2 heterocycles.